The highest BCUT2D eigenvalue weighted by Crippen LogP contribution is 2.33. The number of Topliss-reactive ketones (excluding diaryl/α,β-unsaturated/α-hetero) is 1. The van der Waals surface area contributed by atoms with Gasteiger partial charge in [0.25, 0.3) is 0 Å². The topological polar surface area (TPSA) is 72.0 Å². The second-order valence-electron chi connectivity index (χ2n) is 5.47. The normalized spacial score (nSPS) is 17.5. The van der Waals surface area contributed by atoms with Crippen LogP contribution in [0.1, 0.15) is 44.9 Å². The SMILES string of the molecule is COC1=CC(=O)c2c(ncc3c4c([nH]c23)CCCC4)C1=O. The molecule has 106 valence electrons. The Labute approximate surface area is 121 Å². The molecule has 0 amide bonds. The van der Waals surface area contributed by atoms with Crippen LogP contribution < -0.4 is 0 Å². The van der Waals surface area contributed by atoms with E-state index in [1.165, 1.54) is 24.4 Å². The third kappa shape index (κ3) is 1.60. The largest absolute Gasteiger partial charge is 0.492 e. The average molecular weight is 282 g/mol. The number of carbonyl (C=O) groups excluding carboxylic acids is 2. The number of aromatic nitrogens is 2. The van der Waals surface area contributed by atoms with Gasteiger partial charge in [-0.25, -0.2) is 0 Å². The van der Waals surface area contributed by atoms with Crippen molar-refractivity contribution in [2.24, 2.45) is 0 Å². The van der Waals surface area contributed by atoms with Crippen molar-refractivity contribution in [3.05, 3.63) is 40.5 Å². The average Bonchev–Trinajstić information content (AvgIpc) is 2.88. The molecule has 2 heterocycles. The number of aryl methyl sites for hydroxylation is 2. The third-order valence-electron chi connectivity index (χ3n) is 4.32. The number of fused-ring (bicyclic) bond motifs is 5. The lowest BCUT2D eigenvalue weighted by atomic mass is 9.93. The number of H-pyrrole nitrogens is 1. The first-order valence-corrected chi connectivity index (χ1v) is 7.08. The predicted molar refractivity (Wildman–Crippen MR) is 76.5 cm³/mol. The number of pyridine rings is 1. The Balaban J connectivity index is 2.02. The Kier molecular flexibility index (Phi) is 2.51. The Hall–Kier alpha value is -2.43. The van der Waals surface area contributed by atoms with E-state index in [0.29, 0.717) is 5.56 Å². The number of nitrogens with zero attached hydrogens (tertiary/aromatic N) is 1. The van der Waals surface area contributed by atoms with Crippen molar-refractivity contribution < 1.29 is 14.3 Å². The van der Waals surface area contributed by atoms with Crippen molar-refractivity contribution in [2.45, 2.75) is 25.7 Å². The lowest BCUT2D eigenvalue weighted by molar-refractivity contribution is 0.0912. The minimum atomic E-state index is -0.332. The molecule has 5 heteroatoms. The maximum Gasteiger partial charge on any atom is 0.246 e. The van der Waals surface area contributed by atoms with Gasteiger partial charge in [-0.2, -0.15) is 0 Å². The Morgan fingerprint density at radius 1 is 1.24 bits per heavy atom. The highest BCUT2D eigenvalue weighted by molar-refractivity contribution is 6.26. The first-order valence-electron chi connectivity index (χ1n) is 7.08. The van der Waals surface area contributed by atoms with E-state index in [9.17, 15) is 9.59 Å². The summed E-state index contributed by atoms with van der Waals surface area (Å²) in [5, 5.41) is 0.971. The van der Waals surface area contributed by atoms with Gasteiger partial charge in [-0.1, -0.05) is 0 Å². The molecule has 21 heavy (non-hydrogen) atoms. The standard InChI is InChI=1S/C16H14N2O3/c1-21-12-6-11(19)13-14-9(7-17-15(13)16(12)20)8-4-2-3-5-10(8)18-14/h6-7,18H,2-5H2,1H3. The van der Waals surface area contributed by atoms with E-state index < -0.39 is 0 Å². The van der Waals surface area contributed by atoms with Gasteiger partial charge in [0.2, 0.25) is 5.78 Å². The van der Waals surface area contributed by atoms with Crippen LogP contribution in [0.2, 0.25) is 0 Å². The maximum atomic E-state index is 12.4. The summed E-state index contributed by atoms with van der Waals surface area (Å²) in [6.45, 7) is 0. The molecule has 0 saturated heterocycles. The molecule has 0 fully saturated rings. The number of allylic oxidation sites excluding steroid dienone is 2. The fraction of sp³-hybridized carbons (Fsp3) is 0.312. The molecule has 2 aromatic heterocycles. The zero-order chi connectivity index (χ0) is 14.6. The van der Waals surface area contributed by atoms with Crippen LogP contribution in [0, 0.1) is 0 Å². The van der Waals surface area contributed by atoms with Gasteiger partial charge in [-0.15, -0.1) is 0 Å². The Bertz CT molecular complexity index is 830. The monoisotopic (exact) mass is 282 g/mol. The second kappa shape index (κ2) is 4.28. The smallest absolute Gasteiger partial charge is 0.246 e. The molecule has 0 saturated carbocycles. The summed E-state index contributed by atoms with van der Waals surface area (Å²) in [5.41, 5.74) is 3.73. The van der Waals surface area contributed by atoms with Crippen molar-refractivity contribution in [2.75, 3.05) is 7.11 Å². The number of carbonyl (C=O) groups is 2. The summed E-state index contributed by atoms with van der Waals surface area (Å²) in [7, 11) is 1.38. The van der Waals surface area contributed by atoms with Crippen LogP contribution in [0.25, 0.3) is 10.9 Å². The minimum absolute atomic E-state index is 0.0515. The van der Waals surface area contributed by atoms with Gasteiger partial charge in [0.05, 0.1) is 18.2 Å². The van der Waals surface area contributed by atoms with Gasteiger partial charge >= 0.3 is 0 Å². The molecule has 0 radical (unpaired) electrons. The molecule has 2 aliphatic rings. The first kappa shape index (κ1) is 12.3. The van der Waals surface area contributed by atoms with E-state index in [1.807, 2.05) is 0 Å². The number of aromatic amines is 1. The molecular formula is C16H14N2O3. The summed E-state index contributed by atoms with van der Waals surface area (Å²) >= 11 is 0. The number of methoxy groups -OCH3 is 1. The molecule has 0 aromatic carbocycles. The first-order chi connectivity index (χ1) is 10.2. The summed E-state index contributed by atoms with van der Waals surface area (Å²) < 4.78 is 4.96. The molecule has 0 unspecified atom stereocenters. The molecule has 5 nitrogen and oxygen atoms in total. The number of ether oxygens (including phenoxy) is 1. The van der Waals surface area contributed by atoms with Crippen LogP contribution in [0.15, 0.2) is 18.0 Å². The van der Waals surface area contributed by atoms with Gasteiger partial charge < -0.3 is 9.72 Å². The molecule has 0 bridgehead atoms. The predicted octanol–water partition coefficient (Wildman–Crippen LogP) is 2.35. The number of hydrogen-bond acceptors (Lipinski definition) is 4. The van der Waals surface area contributed by atoms with Crippen molar-refractivity contribution in [3.63, 3.8) is 0 Å². The summed E-state index contributed by atoms with van der Waals surface area (Å²) in [4.78, 5) is 32.2. The lowest BCUT2D eigenvalue weighted by Gasteiger charge is -2.13. The third-order valence-corrected chi connectivity index (χ3v) is 4.32. The van der Waals surface area contributed by atoms with Crippen molar-refractivity contribution >= 4 is 22.5 Å². The maximum absolute atomic E-state index is 12.4. The molecule has 0 spiro atoms. The van der Waals surface area contributed by atoms with Crippen molar-refractivity contribution in [1.82, 2.24) is 9.97 Å². The fourth-order valence-electron chi connectivity index (χ4n) is 3.30. The van der Waals surface area contributed by atoms with E-state index in [0.717, 1.165) is 36.6 Å². The summed E-state index contributed by atoms with van der Waals surface area (Å²) in [5.74, 6) is -0.504. The number of rotatable bonds is 1. The number of nitrogens with one attached hydrogen (secondary N) is 1. The molecule has 2 aromatic rings. The van der Waals surface area contributed by atoms with E-state index in [2.05, 4.69) is 9.97 Å². The van der Waals surface area contributed by atoms with Crippen LogP contribution in [0.4, 0.5) is 0 Å². The van der Waals surface area contributed by atoms with Crippen LogP contribution >= 0.6 is 0 Å². The van der Waals surface area contributed by atoms with E-state index >= 15 is 0 Å². The van der Waals surface area contributed by atoms with Gasteiger partial charge in [0, 0.05) is 23.4 Å². The van der Waals surface area contributed by atoms with E-state index in [1.54, 1.807) is 6.20 Å². The van der Waals surface area contributed by atoms with E-state index in [4.69, 9.17) is 4.74 Å². The quantitative estimate of drug-likeness (QED) is 0.871. The van der Waals surface area contributed by atoms with Gasteiger partial charge in [-0.05, 0) is 31.2 Å². The van der Waals surface area contributed by atoms with E-state index in [-0.39, 0.29) is 23.0 Å². The van der Waals surface area contributed by atoms with Crippen molar-refractivity contribution in [3.8, 4) is 0 Å². The highest BCUT2D eigenvalue weighted by atomic mass is 16.5. The number of hydrogen-bond donors (Lipinski definition) is 1. The second-order valence-corrected chi connectivity index (χ2v) is 5.47. The molecule has 2 aliphatic carbocycles. The zero-order valence-electron chi connectivity index (χ0n) is 11.7. The zero-order valence-corrected chi connectivity index (χ0v) is 11.7. The van der Waals surface area contributed by atoms with Gasteiger partial charge in [0.1, 0.15) is 5.69 Å². The molecular weight excluding hydrogens is 268 g/mol. The fourth-order valence-corrected chi connectivity index (χ4v) is 3.30. The lowest BCUT2D eigenvalue weighted by Crippen LogP contribution is -2.20. The minimum Gasteiger partial charge on any atom is -0.492 e. The van der Waals surface area contributed by atoms with Crippen molar-refractivity contribution in [1.29, 1.82) is 0 Å². The molecule has 0 aliphatic heterocycles. The number of ketones is 2. The summed E-state index contributed by atoms with van der Waals surface area (Å²) in [6, 6.07) is 0. The molecule has 1 N–H and O–H groups in total. The highest BCUT2D eigenvalue weighted by Gasteiger charge is 2.31. The van der Waals surface area contributed by atoms with Crippen LogP contribution in [0.5, 0.6) is 0 Å². The van der Waals surface area contributed by atoms with Gasteiger partial charge in [0.15, 0.2) is 11.5 Å². The van der Waals surface area contributed by atoms with Crippen LogP contribution in [-0.4, -0.2) is 28.6 Å². The molecule has 0 atom stereocenters. The van der Waals surface area contributed by atoms with Crippen LogP contribution in [-0.2, 0) is 17.6 Å². The molecule has 4 rings (SSSR count). The Morgan fingerprint density at radius 2 is 2.05 bits per heavy atom. The van der Waals surface area contributed by atoms with Gasteiger partial charge in [-0.3, -0.25) is 14.6 Å². The summed E-state index contributed by atoms with van der Waals surface area (Å²) in [6.07, 6.45) is 7.25. The Morgan fingerprint density at radius 3 is 2.86 bits per heavy atom. The van der Waals surface area contributed by atoms with Crippen LogP contribution in [0.3, 0.4) is 0 Å².